The minimum Gasteiger partial charge on any atom is -0.348 e. The molecular formula is C10H13BrClFN2O. The molecule has 0 aromatic heterocycles. The van der Waals surface area contributed by atoms with Crippen LogP contribution in [-0.2, 0) is 0 Å². The molecule has 0 aliphatic heterocycles. The van der Waals surface area contributed by atoms with Crippen molar-refractivity contribution in [3.05, 3.63) is 34.1 Å². The minimum absolute atomic E-state index is 0. The number of carbonyl (C=O) groups excluding carboxylic acids is 1. The summed E-state index contributed by atoms with van der Waals surface area (Å²) in [6, 6.07) is 4.21. The Kier molecular flexibility index (Phi) is 6.55. The zero-order valence-corrected chi connectivity index (χ0v) is 11.1. The molecule has 1 aromatic rings. The largest absolute Gasteiger partial charge is 0.348 e. The van der Waals surface area contributed by atoms with Gasteiger partial charge in [0.15, 0.2) is 0 Å². The maximum Gasteiger partial charge on any atom is 0.255 e. The second-order valence-corrected chi connectivity index (χ2v) is 4.06. The summed E-state index contributed by atoms with van der Waals surface area (Å²) in [6.07, 6.45) is 0. The van der Waals surface area contributed by atoms with Crippen molar-refractivity contribution in [3.63, 3.8) is 0 Å². The first-order chi connectivity index (χ1) is 7.06. The van der Waals surface area contributed by atoms with E-state index in [2.05, 4.69) is 21.2 Å². The van der Waals surface area contributed by atoms with Crippen molar-refractivity contribution in [2.24, 2.45) is 5.73 Å². The summed E-state index contributed by atoms with van der Waals surface area (Å²) < 4.78 is 13.8. The molecule has 0 bridgehead atoms. The second kappa shape index (κ2) is 6.83. The highest BCUT2D eigenvalue weighted by Crippen LogP contribution is 2.19. The zero-order chi connectivity index (χ0) is 11.4. The van der Waals surface area contributed by atoms with E-state index in [9.17, 15) is 9.18 Å². The molecule has 0 heterocycles. The van der Waals surface area contributed by atoms with Crippen molar-refractivity contribution in [2.45, 2.75) is 13.0 Å². The molecule has 90 valence electrons. The number of rotatable bonds is 3. The van der Waals surface area contributed by atoms with Gasteiger partial charge < -0.3 is 11.1 Å². The van der Waals surface area contributed by atoms with Crippen molar-refractivity contribution < 1.29 is 9.18 Å². The summed E-state index contributed by atoms with van der Waals surface area (Å²) in [6.45, 7) is 2.07. The molecule has 1 rings (SSSR count). The Bertz CT molecular complexity index is 356. The van der Waals surface area contributed by atoms with Crippen LogP contribution in [0.4, 0.5) is 4.39 Å². The van der Waals surface area contributed by atoms with Crippen LogP contribution in [-0.4, -0.2) is 18.5 Å². The average Bonchev–Trinajstić information content (AvgIpc) is 2.17. The lowest BCUT2D eigenvalue weighted by molar-refractivity contribution is 0.0936. The van der Waals surface area contributed by atoms with Gasteiger partial charge >= 0.3 is 0 Å². The summed E-state index contributed by atoms with van der Waals surface area (Å²) >= 11 is 3.13. The second-order valence-electron chi connectivity index (χ2n) is 3.21. The summed E-state index contributed by atoms with van der Waals surface area (Å²) in [5, 5.41) is 2.59. The van der Waals surface area contributed by atoms with Crippen LogP contribution in [0.2, 0.25) is 0 Å². The Labute approximate surface area is 108 Å². The third-order valence-electron chi connectivity index (χ3n) is 1.92. The molecule has 0 fully saturated rings. The lowest BCUT2D eigenvalue weighted by Crippen LogP contribution is -2.38. The highest BCUT2D eigenvalue weighted by molar-refractivity contribution is 9.10. The topological polar surface area (TPSA) is 55.1 Å². The Morgan fingerprint density at radius 2 is 2.25 bits per heavy atom. The van der Waals surface area contributed by atoms with Crippen LogP contribution in [0, 0.1) is 5.82 Å². The van der Waals surface area contributed by atoms with Gasteiger partial charge in [0.25, 0.3) is 5.91 Å². The molecule has 0 aliphatic rings. The maximum atomic E-state index is 13.3. The Morgan fingerprint density at radius 3 is 2.75 bits per heavy atom. The Hall–Kier alpha value is -0.650. The minimum atomic E-state index is -0.550. The lowest BCUT2D eigenvalue weighted by atomic mass is 10.2. The monoisotopic (exact) mass is 310 g/mol. The molecular weight excluding hydrogens is 298 g/mol. The third-order valence-corrected chi connectivity index (χ3v) is 2.58. The van der Waals surface area contributed by atoms with E-state index >= 15 is 0 Å². The van der Waals surface area contributed by atoms with E-state index in [1.54, 1.807) is 13.0 Å². The predicted molar refractivity (Wildman–Crippen MR) is 67.3 cm³/mol. The van der Waals surface area contributed by atoms with Gasteiger partial charge in [-0.2, -0.15) is 0 Å². The number of amides is 1. The van der Waals surface area contributed by atoms with Crippen LogP contribution < -0.4 is 11.1 Å². The predicted octanol–water partition coefficient (Wildman–Crippen LogP) is 2.09. The fourth-order valence-corrected chi connectivity index (χ4v) is 1.59. The van der Waals surface area contributed by atoms with Crippen LogP contribution in [0.5, 0.6) is 0 Å². The van der Waals surface area contributed by atoms with Crippen molar-refractivity contribution in [1.29, 1.82) is 0 Å². The molecule has 0 unspecified atom stereocenters. The third kappa shape index (κ3) is 3.73. The number of carbonyl (C=O) groups is 1. The highest BCUT2D eigenvalue weighted by Gasteiger charge is 2.16. The van der Waals surface area contributed by atoms with Crippen molar-refractivity contribution in [1.82, 2.24) is 5.32 Å². The molecule has 0 spiro atoms. The van der Waals surface area contributed by atoms with E-state index in [0.717, 1.165) is 0 Å². The van der Waals surface area contributed by atoms with Crippen LogP contribution >= 0.6 is 28.3 Å². The standard InChI is InChI=1S/C10H12BrFN2O.ClH/c1-6(5-13)14-10(15)9-7(11)3-2-4-8(9)12;/h2-4,6H,5,13H2,1H3,(H,14,15);1H/t6-;/m0./s1. The van der Waals surface area contributed by atoms with Crippen LogP contribution in [0.25, 0.3) is 0 Å². The fourth-order valence-electron chi connectivity index (χ4n) is 1.07. The van der Waals surface area contributed by atoms with Crippen LogP contribution in [0.3, 0.4) is 0 Å². The molecule has 0 aliphatic carbocycles. The van der Waals surface area contributed by atoms with Gasteiger partial charge in [-0.1, -0.05) is 6.07 Å². The zero-order valence-electron chi connectivity index (χ0n) is 8.67. The van der Waals surface area contributed by atoms with E-state index in [0.29, 0.717) is 11.0 Å². The summed E-state index contributed by atoms with van der Waals surface area (Å²) in [5.41, 5.74) is 5.37. The Morgan fingerprint density at radius 1 is 1.62 bits per heavy atom. The summed E-state index contributed by atoms with van der Waals surface area (Å²) in [7, 11) is 0. The number of nitrogens with one attached hydrogen (secondary N) is 1. The number of halogens is 3. The molecule has 0 saturated carbocycles. The molecule has 0 saturated heterocycles. The molecule has 1 atom stereocenters. The van der Waals surface area contributed by atoms with Gasteiger partial charge in [-0.05, 0) is 35.0 Å². The van der Waals surface area contributed by atoms with Gasteiger partial charge in [-0.3, -0.25) is 4.79 Å². The van der Waals surface area contributed by atoms with Crippen molar-refractivity contribution in [2.75, 3.05) is 6.54 Å². The Balaban J connectivity index is 0.00000225. The molecule has 1 aromatic carbocycles. The number of hydrogen-bond acceptors (Lipinski definition) is 2. The SMILES string of the molecule is C[C@@H](CN)NC(=O)c1c(F)cccc1Br.Cl. The van der Waals surface area contributed by atoms with Crippen LogP contribution in [0.15, 0.2) is 22.7 Å². The molecule has 6 heteroatoms. The van der Waals surface area contributed by atoms with Gasteiger partial charge in [-0.15, -0.1) is 12.4 Å². The summed E-state index contributed by atoms with van der Waals surface area (Å²) in [5.74, 6) is -1.01. The van der Waals surface area contributed by atoms with Gasteiger partial charge in [0.05, 0.1) is 5.56 Å². The quantitative estimate of drug-likeness (QED) is 0.898. The smallest absolute Gasteiger partial charge is 0.255 e. The van der Waals surface area contributed by atoms with E-state index in [4.69, 9.17) is 5.73 Å². The fraction of sp³-hybridized carbons (Fsp3) is 0.300. The molecule has 0 radical (unpaired) electrons. The van der Waals surface area contributed by atoms with Crippen molar-refractivity contribution >= 4 is 34.2 Å². The van der Waals surface area contributed by atoms with Crippen molar-refractivity contribution in [3.8, 4) is 0 Å². The lowest BCUT2D eigenvalue weighted by Gasteiger charge is -2.12. The van der Waals surface area contributed by atoms with Crippen LogP contribution in [0.1, 0.15) is 17.3 Å². The highest BCUT2D eigenvalue weighted by atomic mass is 79.9. The molecule has 16 heavy (non-hydrogen) atoms. The van der Waals surface area contributed by atoms with E-state index in [1.807, 2.05) is 0 Å². The van der Waals surface area contributed by atoms with Gasteiger partial charge in [0.2, 0.25) is 0 Å². The van der Waals surface area contributed by atoms with E-state index < -0.39 is 11.7 Å². The van der Waals surface area contributed by atoms with Gasteiger partial charge in [0.1, 0.15) is 5.82 Å². The molecule has 3 N–H and O–H groups in total. The van der Waals surface area contributed by atoms with Gasteiger partial charge in [0, 0.05) is 17.1 Å². The first-order valence-corrected chi connectivity index (χ1v) is 5.30. The summed E-state index contributed by atoms with van der Waals surface area (Å²) in [4.78, 5) is 11.6. The van der Waals surface area contributed by atoms with Gasteiger partial charge in [-0.25, -0.2) is 4.39 Å². The number of hydrogen-bond donors (Lipinski definition) is 2. The average molecular weight is 312 g/mol. The number of nitrogens with two attached hydrogens (primary N) is 1. The maximum absolute atomic E-state index is 13.3. The van der Waals surface area contributed by atoms with E-state index in [1.165, 1.54) is 12.1 Å². The first kappa shape index (κ1) is 15.3. The first-order valence-electron chi connectivity index (χ1n) is 4.51. The van der Waals surface area contributed by atoms with E-state index in [-0.39, 0.29) is 24.0 Å². The normalized spacial score (nSPS) is 11.5. The molecule has 1 amide bonds. The molecule has 3 nitrogen and oxygen atoms in total. The number of benzene rings is 1.